The van der Waals surface area contributed by atoms with E-state index >= 15 is 0 Å². The molecule has 0 aliphatic carbocycles. The molecule has 0 radical (unpaired) electrons. The third-order valence-electron chi connectivity index (χ3n) is 2.83. The molecule has 0 N–H and O–H groups in total. The Hall–Kier alpha value is -1.80. The molecule has 1 aromatic heterocycles. The molecule has 0 spiro atoms. The molecule has 0 amide bonds. The van der Waals surface area contributed by atoms with E-state index in [4.69, 9.17) is 10.00 Å². The third kappa shape index (κ3) is 3.15. The summed E-state index contributed by atoms with van der Waals surface area (Å²) >= 11 is 3.34. The minimum atomic E-state index is 0.403. The normalized spacial score (nSPS) is 10.2. The molecule has 0 fully saturated rings. The first kappa shape index (κ1) is 13.6. The van der Waals surface area contributed by atoms with Crippen LogP contribution in [0, 0.1) is 11.3 Å². The molecule has 0 saturated heterocycles. The summed E-state index contributed by atoms with van der Waals surface area (Å²) < 4.78 is 8.38. The van der Waals surface area contributed by atoms with Crippen molar-refractivity contribution in [2.24, 2.45) is 7.05 Å². The summed E-state index contributed by atoms with van der Waals surface area (Å²) in [5, 5.41) is 13.4. The Morgan fingerprint density at radius 3 is 2.84 bits per heavy atom. The highest BCUT2D eigenvalue weighted by molar-refractivity contribution is 9.10. The maximum absolute atomic E-state index is 9.07. The lowest BCUT2D eigenvalue weighted by atomic mass is 10.2. The Morgan fingerprint density at radius 1 is 1.42 bits per heavy atom. The van der Waals surface area contributed by atoms with Gasteiger partial charge in [-0.1, -0.05) is 22.9 Å². The molecule has 0 aliphatic heterocycles. The van der Waals surface area contributed by atoms with Crippen molar-refractivity contribution in [1.82, 2.24) is 9.78 Å². The molecule has 0 aliphatic rings. The predicted octanol–water partition coefficient (Wildman–Crippen LogP) is 3.20. The van der Waals surface area contributed by atoms with Crippen LogP contribution in [0.1, 0.15) is 23.9 Å². The summed E-state index contributed by atoms with van der Waals surface area (Å²) in [5.41, 5.74) is 2.55. The fourth-order valence-corrected chi connectivity index (χ4v) is 2.11. The van der Waals surface area contributed by atoms with Crippen LogP contribution in [0.25, 0.3) is 0 Å². The average Bonchev–Trinajstić information content (AvgIpc) is 2.78. The number of nitriles is 1. The van der Waals surface area contributed by atoms with Crippen LogP contribution >= 0.6 is 15.9 Å². The molecule has 98 valence electrons. The second-order valence-corrected chi connectivity index (χ2v) is 5.06. The van der Waals surface area contributed by atoms with Gasteiger partial charge in [-0.25, -0.2) is 0 Å². The van der Waals surface area contributed by atoms with Gasteiger partial charge in [0.25, 0.3) is 0 Å². The Kier molecular flexibility index (Phi) is 4.23. The Bertz CT molecular complexity index is 628. The van der Waals surface area contributed by atoms with E-state index in [1.165, 1.54) is 0 Å². The van der Waals surface area contributed by atoms with Gasteiger partial charge in [0.15, 0.2) is 0 Å². The van der Waals surface area contributed by atoms with E-state index in [2.05, 4.69) is 34.0 Å². The van der Waals surface area contributed by atoms with Gasteiger partial charge in [-0.05, 0) is 30.7 Å². The standard InChI is InChI=1S/C14H14BrN3O/c1-3-12-7-13(18(2)17-12)9-19-14-5-4-11(15)6-10(14)8-16/h4-7H,3,9H2,1-2H3. The molecule has 2 aromatic rings. The second kappa shape index (κ2) is 5.89. The first-order valence-electron chi connectivity index (χ1n) is 5.98. The zero-order valence-corrected chi connectivity index (χ0v) is 12.4. The first-order chi connectivity index (χ1) is 9.13. The van der Waals surface area contributed by atoms with Gasteiger partial charge >= 0.3 is 0 Å². The summed E-state index contributed by atoms with van der Waals surface area (Å²) in [6, 6.07) is 9.54. The minimum absolute atomic E-state index is 0.403. The monoisotopic (exact) mass is 319 g/mol. The molecule has 1 aromatic carbocycles. The van der Waals surface area contributed by atoms with E-state index in [1.807, 2.05) is 23.9 Å². The van der Waals surface area contributed by atoms with Crippen LogP contribution in [-0.4, -0.2) is 9.78 Å². The van der Waals surface area contributed by atoms with Crippen LogP contribution < -0.4 is 4.74 Å². The van der Waals surface area contributed by atoms with Crippen molar-refractivity contribution in [3.63, 3.8) is 0 Å². The summed E-state index contributed by atoms with van der Waals surface area (Å²) in [5.74, 6) is 0.588. The van der Waals surface area contributed by atoms with Gasteiger partial charge in [0, 0.05) is 11.5 Å². The summed E-state index contributed by atoms with van der Waals surface area (Å²) in [6.45, 7) is 2.47. The summed E-state index contributed by atoms with van der Waals surface area (Å²) in [4.78, 5) is 0. The molecule has 19 heavy (non-hydrogen) atoms. The number of aryl methyl sites for hydroxylation is 2. The van der Waals surface area contributed by atoms with Crippen molar-refractivity contribution in [2.45, 2.75) is 20.0 Å². The first-order valence-corrected chi connectivity index (χ1v) is 6.77. The summed E-state index contributed by atoms with van der Waals surface area (Å²) in [6.07, 6.45) is 0.898. The van der Waals surface area contributed by atoms with E-state index in [-0.39, 0.29) is 0 Å². The third-order valence-corrected chi connectivity index (χ3v) is 3.32. The van der Waals surface area contributed by atoms with Crippen LogP contribution in [0.5, 0.6) is 5.75 Å². The van der Waals surface area contributed by atoms with E-state index in [0.29, 0.717) is 17.9 Å². The van der Waals surface area contributed by atoms with Crippen LogP contribution in [0.3, 0.4) is 0 Å². The van der Waals surface area contributed by atoms with Crippen molar-refractivity contribution >= 4 is 15.9 Å². The molecule has 4 nitrogen and oxygen atoms in total. The van der Waals surface area contributed by atoms with E-state index in [0.717, 1.165) is 22.3 Å². The van der Waals surface area contributed by atoms with Crippen LogP contribution in [0.4, 0.5) is 0 Å². The van der Waals surface area contributed by atoms with Crippen molar-refractivity contribution in [2.75, 3.05) is 0 Å². The largest absolute Gasteiger partial charge is 0.486 e. The van der Waals surface area contributed by atoms with Gasteiger partial charge in [0.2, 0.25) is 0 Å². The van der Waals surface area contributed by atoms with Gasteiger partial charge < -0.3 is 4.74 Å². The second-order valence-electron chi connectivity index (χ2n) is 4.15. The highest BCUT2D eigenvalue weighted by Crippen LogP contribution is 2.23. The van der Waals surface area contributed by atoms with E-state index in [9.17, 15) is 0 Å². The Balaban J connectivity index is 2.14. The molecule has 0 bridgehead atoms. The SMILES string of the molecule is CCc1cc(COc2ccc(Br)cc2C#N)n(C)n1. The number of hydrogen-bond acceptors (Lipinski definition) is 3. The zero-order chi connectivity index (χ0) is 13.8. The lowest BCUT2D eigenvalue weighted by molar-refractivity contribution is 0.294. The molecule has 0 saturated carbocycles. The molecule has 2 rings (SSSR count). The number of nitrogens with zero attached hydrogens (tertiary/aromatic N) is 3. The van der Waals surface area contributed by atoms with E-state index < -0.39 is 0 Å². The predicted molar refractivity (Wildman–Crippen MR) is 75.8 cm³/mol. The van der Waals surface area contributed by atoms with Crippen molar-refractivity contribution in [3.05, 3.63) is 45.7 Å². The lowest BCUT2D eigenvalue weighted by Gasteiger charge is -2.08. The average molecular weight is 320 g/mol. The van der Waals surface area contributed by atoms with Crippen molar-refractivity contribution in [1.29, 1.82) is 5.26 Å². The topological polar surface area (TPSA) is 50.8 Å². The number of rotatable bonds is 4. The maximum Gasteiger partial charge on any atom is 0.137 e. The molecule has 5 heteroatoms. The quantitative estimate of drug-likeness (QED) is 0.869. The van der Waals surface area contributed by atoms with Crippen LogP contribution in [0.2, 0.25) is 0 Å². The van der Waals surface area contributed by atoms with Gasteiger partial charge in [-0.2, -0.15) is 10.4 Å². The molecule has 0 unspecified atom stereocenters. The van der Waals surface area contributed by atoms with Crippen molar-refractivity contribution in [3.8, 4) is 11.8 Å². The van der Waals surface area contributed by atoms with E-state index in [1.54, 1.807) is 12.1 Å². The van der Waals surface area contributed by atoms with Gasteiger partial charge in [-0.15, -0.1) is 0 Å². The number of halogens is 1. The van der Waals surface area contributed by atoms with Crippen molar-refractivity contribution < 1.29 is 4.74 Å². The number of hydrogen-bond donors (Lipinski definition) is 0. The Morgan fingerprint density at radius 2 is 2.21 bits per heavy atom. The highest BCUT2D eigenvalue weighted by Gasteiger charge is 2.07. The lowest BCUT2D eigenvalue weighted by Crippen LogP contribution is -2.03. The number of ether oxygens (including phenoxy) is 1. The molecule has 0 atom stereocenters. The fourth-order valence-electron chi connectivity index (χ4n) is 1.75. The van der Waals surface area contributed by atoms with Crippen LogP contribution in [0.15, 0.2) is 28.7 Å². The highest BCUT2D eigenvalue weighted by atomic mass is 79.9. The fraction of sp³-hybridized carbons (Fsp3) is 0.286. The molecule has 1 heterocycles. The molecular weight excluding hydrogens is 306 g/mol. The maximum atomic E-state index is 9.07. The smallest absolute Gasteiger partial charge is 0.137 e. The zero-order valence-electron chi connectivity index (χ0n) is 10.9. The Labute approximate surface area is 120 Å². The number of aromatic nitrogens is 2. The van der Waals surface area contributed by atoms with Gasteiger partial charge in [0.1, 0.15) is 18.4 Å². The van der Waals surface area contributed by atoms with Crippen LogP contribution in [-0.2, 0) is 20.1 Å². The summed E-state index contributed by atoms with van der Waals surface area (Å²) in [7, 11) is 1.89. The minimum Gasteiger partial charge on any atom is -0.486 e. The van der Waals surface area contributed by atoms with Gasteiger partial charge in [0.05, 0.1) is 17.0 Å². The number of benzene rings is 1. The molecular formula is C14H14BrN3O. The van der Waals surface area contributed by atoms with Gasteiger partial charge in [-0.3, -0.25) is 4.68 Å².